The number of furan rings is 1. The number of nitrogens with one attached hydrogen (secondary N) is 2. The smallest absolute Gasteiger partial charge is 0.222 e. The Hall–Kier alpha value is -6.88. The van der Waals surface area contributed by atoms with Crippen molar-refractivity contribution in [3.63, 3.8) is 0 Å². The van der Waals surface area contributed by atoms with Gasteiger partial charge in [-0.3, -0.25) is 29.7 Å². The van der Waals surface area contributed by atoms with Crippen LogP contribution in [0.15, 0.2) is 157 Å². The normalized spacial score (nSPS) is 15.9. The van der Waals surface area contributed by atoms with E-state index in [0.717, 1.165) is 94.8 Å². The van der Waals surface area contributed by atoms with E-state index in [2.05, 4.69) is 110 Å². The molecule has 12 heterocycles. The minimum absolute atomic E-state index is 0.326. The summed E-state index contributed by atoms with van der Waals surface area (Å²) in [6, 6.07) is 22.6. The van der Waals surface area contributed by atoms with Gasteiger partial charge < -0.3 is 38.7 Å². The SMILES string of the molecule is CC1=NCCN1.CCC1CCCN1CC.CCC1CCCO1.CCN1CCCC1.CCN1CCCC1=O.CCc1ccco1.CCc1ccncc1.CCc1cnc[nH]1.CCn1ccnc1.Cc1ccccn1.Cc1cccnc1.Cc1ccncc1. The number of ether oxygens (including phenoxy) is 1. The van der Waals surface area contributed by atoms with Crippen molar-refractivity contribution < 1.29 is 13.9 Å². The van der Waals surface area contributed by atoms with Crippen LogP contribution in [0.2, 0.25) is 0 Å². The first-order valence-corrected chi connectivity index (χ1v) is 32.5. The zero-order valence-electron chi connectivity index (χ0n) is 56.1. The summed E-state index contributed by atoms with van der Waals surface area (Å²) >= 11 is 0. The largest absolute Gasteiger partial charge is 0.469 e. The highest BCUT2D eigenvalue weighted by molar-refractivity contribution is 5.80. The summed E-state index contributed by atoms with van der Waals surface area (Å²) in [4.78, 5) is 48.0. The third kappa shape index (κ3) is 42.6. The Balaban J connectivity index is 0.000000475. The number of aromatic nitrogens is 8. The van der Waals surface area contributed by atoms with E-state index in [-0.39, 0.29) is 0 Å². The van der Waals surface area contributed by atoms with Crippen molar-refractivity contribution in [1.82, 2.24) is 59.5 Å². The molecule has 0 aliphatic carbocycles. The molecule has 0 radical (unpaired) electrons. The molecule has 4 saturated heterocycles. The number of amidine groups is 1. The number of likely N-dealkylation sites (tertiary alicyclic amines) is 3. The lowest BCUT2D eigenvalue weighted by molar-refractivity contribution is -0.127. The Bertz CT molecular complexity index is 2330. The molecule has 5 aliphatic rings. The van der Waals surface area contributed by atoms with Gasteiger partial charge in [0.25, 0.3) is 0 Å². The van der Waals surface area contributed by atoms with Crippen LogP contribution in [-0.2, 0) is 35.3 Å². The summed E-state index contributed by atoms with van der Waals surface area (Å²) in [6.07, 6.45) is 39.7. The molecule has 1 amide bonds. The lowest BCUT2D eigenvalue weighted by Crippen LogP contribution is -2.28. The molecule has 7 aromatic rings. The molecule has 4 fully saturated rings. The van der Waals surface area contributed by atoms with E-state index in [0.29, 0.717) is 12.0 Å². The lowest BCUT2D eigenvalue weighted by atomic mass is 10.2. The van der Waals surface area contributed by atoms with Crippen molar-refractivity contribution in [3.05, 3.63) is 181 Å². The maximum absolute atomic E-state index is 10.7. The summed E-state index contributed by atoms with van der Waals surface area (Å²) in [5.74, 6) is 2.46. The second kappa shape index (κ2) is 54.5. The van der Waals surface area contributed by atoms with Crippen molar-refractivity contribution in [3.8, 4) is 0 Å². The van der Waals surface area contributed by atoms with Gasteiger partial charge in [0.2, 0.25) is 5.91 Å². The number of H-pyrrole nitrogens is 1. The van der Waals surface area contributed by atoms with Crippen LogP contribution in [0.3, 0.4) is 0 Å². The molecule has 2 unspecified atom stereocenters. The van der Waals surface area contributed by atoms with Crippen LogP contribution < -0.4 is 5.32 Å². The van der Waals surface area contributed by atoms with E-state index in [1.165, 1.54) is 106 Å². The summed E-state index contributed by atoms with van der Waals surface area (Å²) in [6.45, 7) is 39.8. The molecule has 2 N–H and O–H groups in total. The second-order valence-corrected chi connectivity index (χ2v) is 21.0. The van der Waals surface area contributed by atoms with Gasteiger partial charge in [0.05, 0.1) is 37.4 Å². The molecule has 5 aliphatic heterocycles. The van der Waals surface area contributed by atoms with Crippen LogP contribution in [0, 0.1) is 20.8 Å². The summed E-state index contributed by atoms with van der Waals surface area (Å²) in [5.41, 5.74) is 6.08. The Morgan fingerprint density at radius 3 is 1.63 bits per heavy atom. The average Bonchev–Trinajstić information content (AvgIpc) is 4.45. The number of carbonyl (C=O) groups is 1. The molecular formula is C71H115N13O3. The number of aliphatic imine (C=N–C) groups is 1. The van der Waals surface area contributed by atoms with Gasteiger partial charge in [-0.15, -0.1) is 0 Å². The molecular weight excluding hydrogens is 1080 g/mol. The first kappa shape index (κ1) is 78.1. The van der Waals surface area contributed by atoms with E-state index in [4.69, 9.17) is 9.15 Å². The first-order valence-electron chi connectivity index (χ1n) is 32.5. The topological polar surface area (TPSA) is 172 Å². The Labute approximate surface area is 527 Å². The number of hydrogen-bond donors (Lipinski definition) is 2. The first-order chi connectivity index (χ1) is 42.4. The maximum Gasteiger partial charge on any atom is 0.222 e. The Morgan fingerprint density at radius 2 is 1.34 bits per heavy atom. The molecule has 7 aromatic heterocycles. The molecule has 12 rings (SSSR count). The van der Waals surface area contributed by atoms with Crippen LogP contribution in [0.5, 0.6) is 0 Å². The number of carbonyl (C=O) groups excluding carboxylic acids is 1. The van der Waals surface area contributed by atoms with Crippen LogP contribution >= 0.6 is 0 Å². The van der Waals surface area contributed by atoms with Gasteiger partial charge in [-0.25, -0.2) is 9.97 Å². The minimum Gasteiger partial charge on any atom is -0.469 e. The number of imidazole rings is 2. The molecule has 16 nitrogen and oxygen atoms in total. The van der Waals surface area contributed by atoms with Crippen LogP contribution in [0.4, 0.5) is 0 Å². The molecule has 0 bridgehead atoms. The summed E-state index contributed by atoms with van der Waals surface area (Å²) in [5, 5.41) is 3.07. The molecule has 0 spiro atoms. The molecule has 0 saturated carbocycles. The lowest BCUT2D eigenvalue weighted by Gasteiger charge is -2.20. The van der Waals surface area contributed by atoms with Crippen molar-refractivity contribution >= 4 is 11.7 Å². The van der Waals surface area contributed by atoms with E-state index in [9.17, 15) is 4.79 Å². The number of nitrogens with zero attached hydrogens (tertiary/aromatic N) is 11. The summed E-state index contributed by atoms with van der Waals surface area (Å²) in [7, 11) is 0. The highest BCUT2D eigenvalue weighted by atomic mass is 16.5. The molecule has 2 atom stereocenters. The van der Waals surface area contributed by atoms with Crippen molar-refractivity contribution in [2.75, 3.05) is 65.5 Å². The predicted octanol–water partition coefficient (Wildman–Crippen LogP) is 14.7. The molecule has 482 valence electrons. The summed E-state index contributed by atoms with van der Waals surface area (Å²) < 4.78 is 12.3. The van der Waals surface area contributed by atoms with Gasteiger partial charge >= 0.3 is 0 Å². The number of amides is 1. The van der Waals surface area contributed by atoms with Crippen LogP contribution in [0.1, 0.15) is 167 Å². The number of rotatable bonds is 9. The fraction of sp³-hybridized carbons (Fsp3) is 0.549. The van der Waals surface area contributed by atoms with Gasteiger partial charge in [0, 0.05) is 125 Å². The second-order valence-electron chi connectivity index (χ2n) is 21.0. The quantitative estimate of drug-likeness (QED) is 0.140. The van der Waals surface area contributed by atoms with Gasteiger partial charge in [0.15, 0.2) is 0 Å². The van der Waals surface area contributed by atoms with Crippen molar-refractivity contribution in [2.45, 2.75) is 192 Å². The fourth-order valence-corrected chi connectivity index (χ4v) is 8.80. The van der Waals surface area contributed by atoms with E-state index in [1.807, 2.05) is 142 Å². The third-order valence-electron chi connectivity index (χ3n) is 14.3. The van der Waals surface area contributed by atoms with E-state index in [1.54, 1.807) is 49.9 Å². The van der Waals surface area contributed by atoms with Gasteiger partial charge in [0.1, 0.15) is 5.76 Å². The van der Waals surface area contributed by atoms with E-state index < -0.39 is 0 Å². The number of aryl methyl sites for hydroxylation is 7. The van der Waals surface area contributed by atoms with Crippen LogP contribution in [0.25, 0.3) is 0 Å². The molecule has 16 heteroatoms. The average molecular weight is 1200 g/mol. The van der Waals surface area contributed by atoms with E-state index >= 15 is 0 Å². The minimum atomic E-state index is 0.326. The number of aromatic amines is 1. The van der Waals surface area contributed by atoms with Gasteiger partial charge in [-0.05, 0) is 216 Å². The van der Waals surface area contributed by atoms with Gasteiger partial charge in [-0.2, -0.15) is 0 Å². The Morgan fingerprint density at radius 1 is 0.598 bits per heavy atom. The monoisotopic (exact) mass is 1200 g/mol. The van der Waals surface area contributed by atoms with Crippen molar-refractivity contribution in [2.24, 2.45) is 4.99 Å². The highest BCUT2D eigenvalue weighted by Crippen LogP contribution is 2.18. The third-order valence-corrected chi connectivity index (χ3v) is 14.3. The highest BCUT2D eigenvalue weighted by Gasteiger charge is 2.20. The van der Waals surface area contributed by atoms with Crippen LogP contribution in [-0.4, -0.2) is 144 Å². The molecule has 0 aromatic carbocycles. The zero-order valence-corrected chi connectivity index (χ0v) is 56.1. The number of pyridine rings is 4. The van der Waals surface area contributed by atoms with Crippen molar-refractivity contribution in [1.29, 1.82) is 0 Å². The standard InChI is InChI=1S/C8H17N.C7H9N.C6H11NO.3C6H7N.C6H13N.C6H12O.C6H8O.2C5H8N2.C4H8N2/c1-3-8-6-5-7-9(8)4-2;1-2-7-3-5-8-6-4-7;1-2-7-5-3-4-6(7)8;1-6-2-4-7-5-3-6;1-6-3-2-4-7-5-6;1-6-4-2-3-5-7-6;1-2-7-5-3-4-6-7;2*1-2-6-4-3-5-7-6;1-2-5-3-6-4-7-5;1-2-7-4-3-6-5-7;1-4-5-2-3-6-4/h8H,3-7H2,1-2H3;3-6H,2H2,1H3;2-5H2,1H3;3*2-5H,1H3;2-6H2,1H3;6H,2-5H2,1H3;3-5H,2H2,1H3;3-4H,2H2,1H3,(H,6,7);3-5H,2H2,1H3;2-3H2,1H3,(H,5,6). The fourth-order valence-electron chi connectivity index (χ4n) is 8.80. The van der Waals surface area contributed by atoms with Gasteiger partial charge in [-0.1, -0.05) is 60.6 Å². The predicted molar refractivity (Wildman–Crippen MR) is 363 cm³/mol. The zero-order chi connectivity index (χ0) is 63.8. The number of hydrogen-bond acceptors (Lipinski definition) is 13. The maximum atomic E-state index is 10.7. The Kier molecular flexibility index (Phi) is 49.0. The molecule has 87 heavy (non-hydrogen) atoms.